The van der Waals surface area contributed by atoms with Gasteiger partial charge in [0.05, 0.1) is 4.21 Å². The largest absolute Gasteiger partial charge is 0.477 e. The monoisotopic (exact) mass is 607 g/mol. The van der Waals surface area contributed by atoms with Crippen LogP contribution < -0.4 is 16.5 Å². The van der Waals surface area contributed by atoms with Crippen LogP contribution in [-0.2, 0) is 19.2 Å². The van der Waals surface area contributed by atoms with Crippen molar-refractivity contribution >= 4 is 84.9 Å². The number of carboxylic acid groups (broad SMARTS) is 1. The molecule has 39 heavy (non-hydrogen) atoms. The Morgan fingerprint density at radius 2 is 2.15 bits per heavy atom. The molecule has 1 aromatic carbocycles. The van der Waals surface area contributed by atoms with Gasteiger partial charge in [0.2, 0.25) is 0 Å². The Hall–Kier alpha value is -3.47. The van der Waals surface area contributed by atoms with Gasteiger partial charge in [0.25, 0.3) is 11.8 Å². The molecule has 1 fully saturated rings. The van der Waals surface area contributed by atoms with Gasteiger partial charge < -0.3 is 21.0 Å². The van der Waals surface area contributed by atoms with E-state index in [1.54, 1.807) is 0 Å². The summed E-state index contributed by atoms with van der Waals surface area (Å²) in [6.45, 7) is 0. The van der Waals surface area contributed by atoms with Crippen LogP contribution in [0.15, 0.2) is 55.1 Å². The second-order valence-electron chi connectivity index (χ2n) is 8.17. The van der Waals surface area contributed by atoms with E-state index in [9.17, 15) is 28.7 Å². The summed E-state index contributed by atoms with van der Waals surface area (Å²) in [5, 5.41) is 17.8. The highest BCUT2D eigenvalue weighted by molar-refractivity contribution is 8.02. The van der Waals surface area contributed by atoms with E-state index in [2.05, 4.69) is 15.5 Å². The van der Waals surface area contributed by atoms with Crippen LogP contribution in [0.3, 0.4) is 0 Å². The Labute approximate surface area is 235 Å². The number of hydrogen-bond acceptors (Lipinski definition) is 12. The fourth-order valence-corrected chi connectivity index (χ4v) is 8.32. The molecular weight excluding hydrogens is 590 g/mol. The van der Waals surface area contributed by atoms with Gasteiger partial charge in [0, 0.05) is 33.0 Å². The Morgan fingerprint density at radius 1 is 1.36 bits per heavy atom. The number of benzene rings is 1. The standard InChI is InChI=1S/C23H18FN5O6S4/c1-35-28-16(12-8-38-23(25)26-12)19(31)27-17-20(32)29-18(22(33)34)9(7-37-21(17)29)6-36-15-5-13(30)11-3-2-10(24)4-14(11)39-15/h2-5,8,17,21H,6-7H2,1H3,(H2,25,26)(H,27,31)(H,33,34)/b28-16-/t17-,21+/m1/s1. The van der Waals surface area contributed by atoms with Crippen LogP contribution in [0.2, 0.25) is 0 Å². The van der Waals surface area contributed by atoms with Gasteiger partial charge in [0.15, 0.2) is 16.3 Å². The first kappa shape index (κ1) is 27.1. The minimum absolute atomic E-state index is 0.154. The van der Waals surface area contributed by atoms with Crippen molar-refractivity contribution in [1.29, 1.82) is 0 Å². The second-order valence-corrected chi connectivity index (χ2v) is 12.5. The molecule has 11 nitrogen and oxygen atoms in total. The van der Waals surface area contributed by atoms with E-state index < -0.39 is 35.0 Å². The van der Waals surface area contributed by atoms with E-state index in [4.69, 9.17) is 10.6 Å². The van der Waals surface area contributed by atoms with E-state index in [1.807, 2.05) is 0 Å². The summed E-state index contributed by atoms with van der Waals surface area (Å²) in [5.41, 5.74) is 5.73. The highest BCUT2D eigenvalue weighted by Crippen LogP contribution is 2.42. The number of halogens is 1. The normalized spacial score (nSPS) is 19.1. The zero-order chi connectivity index (χ0) is 27.8. The molecule has 16 heteroatoms. The average Bonchev–Trinajstić information content (AvgIpc) is 3.33. The number of nitrogens with zero attached hydrogens (tertiary/aromatic N) is 3. The first-order valence-corrected chi connectivity index (χ1v) is 14.8. The van der Waals surface area contributed by atoms with E-state index in [1.165, 1.54) is 71.6 Å². The van der Waals surface area contributed by atoms with Crippen LogP contribution in [-0.4, -0.2) is 68.5 Å². The molecule has 0 unspecified atom stereocenters. The number of nitrogens with one attached hydrogen (secondary N) is 1. The topological polar surface area (TPSA) is 164 Å². The van der Waals surface area contributed by atoms with Crippen molar-refractivity contribution in [3.63, 3.8) is 0 Å². The second kappa shape index (κ2) is 11.0. The number of thioether (sulfide) groups is 2. The molecule has 1 saturated heterocycles. The number of anilines is 1. The lowest BCUT2D eigenvalue weighted by atomic mass is 10.0. The molecule has 4 N–H and O–H groups in total. The maximum Gasteiger partial charge on any atom is 0.352 e. The molecule has 2 amide bonds. The SMILES string of the molecule is CO/N=C(\C(=O)N[C@@H]1C(=O)N2C(C(=O)O)=C(CSc3cc(=O)c4ccc(F)cc4s3)CS[C@@H]12)c1csc(N)n1. The third kappa shape index (κ3) is 5.24. The number of amides is 2. The van der Waals surface area contributed by atoms with Crippen molar-refractivity contribution in [2.75, 3.05) is 24.3 Å². The van der Waals surface area contributed by atoms with Gasteiger partial charge in [0.1, 0.15) is 35.7 Å². The van der Waals surface area contributed by atoms with E-state index in [0.29, 0.717) is 19.9 Å². The number of carboxylic acids is 1. The highest BCUT2D eigenvalue weighted by atomic mass is 32.2. The van der Waals surface area contributed by atoms with Crippen LogP contribution in [0.1, 0.15) is 5.69 Å². The molecule has 0 aliphatic carbocycles. The third-order valence-electron chi connectivity index (χ3n) is 5.76. The fourth-order valence-electron chi connectivity index (χ4n) is 4.03. The van der Waals surface area contributed by atoms with Crippen molar-refractivity contribution in [3.8, 4) is 0 Å². The molecule has 0 saturated carbocycles. The number of fused-ring (bicyclic) bond motifs is 2. The number of thiazole rings is 1. The van der Waals surface area contributed by atoms with Gasteiger partial charge in [-0.3, -0.25) is 19.3 Å². The van der Waals surface area contributed by atoms with Gasteiger partial charge in [-0.2, -0.15) is 0 Å². The van der Waals surface area contributed by atoms with E-state index in [-0.39, 0.29) is 39.2 Å². The van der Waals surface area contributed by atoms with Crippen LogP contribution >= 0.6 is 46.2 Å². The van der Waals surface area contributed by atoms with Gasteiger partial charge in [-0.1, -0.05) is 5.16 Å². The Balaban J connectivity index is 1.33. The number of hydrogen-bond donors (Lipinski definition) is 3. The number of carbonyl (C=O) groups is 3. The van der Waals surface area contributed by atoms with Crippen LogP contribution in [0.25, 0.3) is 10.1 Å². The number of aliphatic carboxylic acids is 1. The molecule has 4 heterocycles. The Bertz CT molecular complexity index is 1640. The Kier molecular flexibility index (Phi) is 7.61. The average molecular weight is 608 g/mol. The highest BCUT2D eigenvalue weighted by Gasteiger charge is 2.54. The summed E-state index contributed by atoms with van der Waals surface area (Å²) in [6, 6.07) is 4.40. The molecule has 2 aromatic heterocycles. The summed E-state index contributed by atoms with van der Waals surface area (Å²) in [6.07, 6.45) is 0. The third-order valence-corrected chi connectivity index (χ3v) is 10.1. The maximum atomic E-state index is 13.7. The zero-order valence-corrected chi connectivity index (χ0v) is 23.1. The van der Waals surface area contributed by atoms with Crippen LogP contribution in [0.4, 0.5) is 9.52 Å². The molecule has 0 radical (unpaired) electrons. The molecule has 5 rings (SSSR count). The van der Waals surface area contributed by atoms with Crippen LogP contribution in [0, 0.1) is 5.82 Å². The molecule has 0 bridgehead atoms. The van der Waals surface area contributed by atoms with E-state index in [0.717, 1.165) is 16.2 Å². The minimum Gasteiger partial charge on any atom is -0.477 e. The molecule has 2 aliphatic rings. The molecule has 3 aromatic rings. The summed E-state index contributed by atoms with van der Waals surface area (Å²) < 4.78 is 14.7. The number of rotatable bonds is 8. The Morgan fingerprint density at radius 3 is 2.85 bits per heavy atom. The lowest BCUT2D eigenvalue weighted by Gasteiger charge is -2.49. The number of nitrogens with two attached hydrogens (primary N) is 1. The van der Waals surface area contributed by atoms with Crippen molar-refractivity contribution < 1.29 is 28.7 Å². The quantitative estimate of drug-likeness (QED) is 0.150. The number of carbonyl (C=O) groups excluding carboxylic acids is 2. The van der Waals surface area contributed by atoms with E-state index >= 15 is 0 Å². The predicted molar refractivity (Wildman–Crippen MR) is 149 cm³/mol. The van der Waals surface area contributed by atoms with Crippen molar-refractivity contribution in [2.45, 2.75) is 15.6 Å². The van der Waals surface area contributed by atoms with Gasteiger partial charge in [-0.15, -0.1) is 46.2 Å². The fraction of sp³-hybridized carbons (Fsp3) is 0.217. The summed E-state index contributed by atoms with van der Waals surface area (Å²) in [4.78, 5) is 60.5. The van der Waals surface area contributed by atoms with Gasteiger partial charge in [-0.25, -0.2) is 14.2 Å². The summed E-state index contributed by atoms with van der Waals surface area (Å²) in [7, 11) is 1.26. The molecule has 0 spiro atoms. The number of aromatic nitrogens is 1. The first-order chi connectivity index (χ1) is 18.7. The van der Waals surface area contributed by atoms with Gasteiger partial charge >= 0.3 is 5.97 Å². The molecule has 2 atom stereocenters. The number of β-lactam (4-membered cyclic amide) rings is 1. The van der Waals surface area contributed by atoms with Crippen molar-refractivity contribution in [3.05, 3.63) is 62.7 Å². The maximum absolute atomic E-state index is 13.7. The van der Waals surface area contributed by atoms with Crippen LogP contribution in [0.5, 0.6) is 0 Å². The lowest BCUT2D eigenvalue weighted by molar-refractivity contribution is -0.150. The van der Waals surface area contributed by atoms with Crippen molar-refractivity contribution in [1.82, 2.24) is 15.2 Å². The van der Waals surface area contributed by atoms with Gasteiger partial charge in [-0.05, 0) is 23.8 Å². The zero-order valence-electron chi connectivity index (χ0n) is 19.9. The number of nitrogen functional groups attached to an aromatic ring is 1. The first-order valence-electron chi connectivity index (χ1n) is 11.1. The summed E-state index contributed by atoms with van der Waals surface area (Å²) in [5.74, 6) is -2.54. The molecular formula is C23H18FN5O6S4. The molecule has 202 valence electrons. The lowest BCUT2D eigenvalue weighted by Crippen LogP contribution is -2.71. The number of oxime groups is 1. The summed E-state index contributed by atoms with van der Waals surface area (Å²) >= 11 is 4.88. The molecule has 2 aliphatic heterocycles. The van der Waals surface area contributed by atoms with Crippen molar-refractivity contribution in [2.24, 2.45) is 5.16 Å². The minimum atomic E-state index is -1.28. The smallest absolute Gasteiger partial charge is 0.352 e. The predicted octanol–water partition coefficient (Wildman–Crippen LogP) is 2.32.